The van der Waals surface area contributed by atoms with Crippen molar-refractivity contribution in [1.82, 2.24) is 13.9 Å². The van der Waals surface area contributed by atoms with Gasteiger partial charge in [0, 0.05) is 44.2 Å². The molecule has 1 aliphatic heterocycles. The van der Waals surface area contributed by atoms with E-state index in [1.165, 1.54) is 17.8 Å². The Hall–Kier alpha value is -2.01. The summed E-state index contributed by atoms with van der Waals surface area (Å²) in [5, 5.41) is 0.626. The lowest BCUT2D eigenvalue weighted by molar-refractivity contribution is 0.141. The third-order valence-corrected chi connectivity index (χ3v) is 9.07. The highest BCUT2D eigenvalue weighted by atomic mass is 32.2. The van der Waals surface area contributed by atoms with Crippen molar-refractivity contribution in [1.29, 1.82) is 0 Å². The lowest BCUT2D eigenvalue weighted by Crippen LogP contribution is -2.39. The molecule has 1 saturated heterocycles. The molecule has 35 heavy (non-hydrogen) atoms. The van der Waals surface area contributed by atoms with Crippen molar-refractivity contribution in [2.24, 2.45) is 5.92 Å². The van der Waals surface area contributed by atoms with Gasteiger partial charge in [-0.2, -0.15) is 4.31 Å². The molecule has 0 aliphatic carbocycles. The smallest absolute Gasteiger partial charge is 0.243 e. The van der Waals surface area contributed by atoms with Gasteiger partial charge in [-0.05, 0) is 68.5 Å². The summed E-state index contributed by atoms with van der Waals surface area (Å²) in [6.07, 6.45) is 2.63. The quantitative estimate of drug-likeness (QED) is 0.261. The molecule has 2 heterocycles. The predicted octanol–water partition coefficient (Wildman–Crippen LogP) is 5.45. The Labute approximate surface area is 209 Å². The average Bonchev–Trinajstić information content (AvgIpc) is 3.19. The summed E-state index contributed by atoms with van der Waals surface area (Å²) >= 11 is 1.30. The first-order valence-electron chi connectivity index (χ1n) is 11.9. The summed E-state index contributed by atoms with van der Waals surface area (Å²) in [5.74, 6) is -0.427. The van der Waals surface area contributed by atoms with E-state index in [1.807, 2.05) is 11.5 Å². The van der Waals surface area contributed by atoms with Crippen LogP contribution in [0.15, 0.2) is 46.5 Å². The zero-order valence-corrected chi connectivity index (χ0v) is 21.7. The number of thioether (sulfide) groups is 1. The molecular weight excluding hydrogens is 492 g/mol. The first-order valence-corrected chi connectivity index (χ1v) is 14.4. The first kappa shape index (κ1) is 26.1. The molecule has 0 spiro atoms. The van der Waals surface area contributed by atoms with Crippen LogP contribution in [-0.4, -0.2) is 48.6 Å². The number of piperidine rings is 1. The third kappa shape index (κ3) is 6.04. The first-order chi connectivity index (χ1) is 16.8. The second-order valence-electron chi connectivity index (χ2n) is 8.88. The zero-order valence-electron chi connectivity index (χ0n) is 20.0. The number of nitrogens with zero attached hydrogens (tertiary/aromatic N) is 3. The maximum absolute atomic E-state index is 14.2. The van der Waals surface area contributed by atoms with Crippen LogP contribution in [0.2, 0.25) is 0 Å². The van der Waals surface area contributed by atoms with Crippen molar-refractivity contribution in [3.05, 3.63) is 53.6 Å². The molecule has 0 saturated carbocycles. The van der Waals surface area contributed by atoms with Crippen molar-refractivity contribution in [3.8, 4) is 0 Å². The van der Waals surface area contributed by atoms with Crippen LogP contribution in [0.1, 0.15) is 38.7 Å². The number of aromatic nitrogens is 2. The molecule has 2 aromatic carbocycles. The molecule has 190 valence electrons. The standard InChI is InChI=1S/C25H31F2N3O3S2/c1-3-33-13-5-12-30-24-10-8-21(35(31,32)29-11-4-6-18(2)16-29)15-23(24)28-25(30)34-17-19-14-20(26)7-9-22(19)27/h7-10,14-15,18H,3-6,11-13,16-17H2,1-2H3. The van der Waals surface area contributed by atoms with Crippen molar-refractivity contribution in [2.75, 3.05) is 26.3 Å². The van der Waals surface area contributed by atoms with Crippen LogP contribution in [0.4, 0.5) is 8.78 Å². The van der Waals surface area contributed by atoms with Gasteiger partial charge < -0.3 is 9.30 Å². The van der Waals surface area contributed by atoms with Crippen molar-refractivity contribution >= 4 is 32.8 Å². The summed E-state index contributed by atoms with van der Waals surface area (Å²) in [7, 11) is -3.61. The number of rotatable bonds is 10. The molecule has 6 nitrogen and oxygen atoms in total. The average molecular weight is 524 g/mol. The van der Waals surface area contributed by atoms with Crippen LogP contribution in [0.25, 0.3) is 11.0 Å². The van der Waals surface area contributed by atoms with Crippen LogP contribution >= 0.6 is 11.8 Å². The minimum Gasteiger partial charge on any atom is -0.382 e. The van der Waals surface area contributed by atoms with Crippen molar-refractivity contribution in [3.63, 3.8) is 0 Å². The minimum absolute atomic E-state index is 0.204. The third-order valence-electron chi connectivity index (χ3n) is 6.18. The number of benzene rings is 2. The molecule has 1 aromatic heterocycles. The van der Waals surface area contributed by atoms with Crippen LogP contribution in [0.3, 0.4) is 0 Å². The number of fused-ring (bicyclic) bond motifs is 1. The zero-order chi connectivity index (χ0) is 25.0. The molecule has 3 aromatic rings. The predicted molar refractivity (Wildman–Crippen MR) is 134 cm³/mol. The Bertz CT molecular complexity index is 1280. The van der Waals surface area contributed by atoms with Crippen LogP contribution in [0.5, 0.6) is 0 Å². The molecule has 0 radical (unpaired) electrons. The van der Waals surface area contributed by atoms with Gasteiger partial charge >= 0.3 is 0 Å². The molecular formula is C25H31F2N3O3S2. The van der Waals surface area contributed by atoms with Gasteiger partial charge in [-0.15, -0.1) is 0 Å². The van der Waals surface area contributed by atoms with Gasteiger partial charge in [0.05, 0.1) is 15.9 Å². The fraction of sp³-hybridized carbons (Fsp3) is 0.480. The van der Waals surface area contributed by atoms with E-state index in [1.54, 1.807) is 22.5 Å². The summed E-state index contributed by atoms with van der Waals surface area (Å²) in [5.41, 5.74) is 1.62. The molecule has 1 aliphatic rings. The maximum Gasteiger partial charge on any atom is 0.243 e. The van der Waals surface area contributed by atoms with Gasteiger partial charge in [0.25, 0.3) is 0 Å². The number of hydrogen-bond donors (Lipinski definition) is 0. The second-order valence-corrected chi connectivity index (χ2v) is 11.8. The molecule has 0 amide bonds. The minimum atomic E-state index is -3.61. The van der Waals surface area contributed by atoms with E-state index in [4.69, 9.17) is 9.72 Å². The van der Waals surface area contributed by atoms with Gasteiger partial charge in [-0.1, -0.05) is 18.7 Å². The monoisotopic (exact) mass is 523 g/mol. The Morgan fingerprint density at radius 2 is 2.03 bits per heavy atom. The molecule has 1 atom stereocenters. The van der Waals surface area contributed by atoms with E-state index in [0.29, 0.717) is 49.4 Å². The van der Waals surface area contributed by atoms with Crippen LogP contribution < -0.4 is 0 Å². The van der Waals surface area contributed by atoms with E-state index < -0.39 is 21.7 Å². The molecule has 0 N–H and O–H groups in total. The molecule has 1 unspecified atom stereocenters. The van der Waals surface area contributed by atoms with Crippen LogP contribution in [-0.2, 0) is 27.1 Å². The number of imidazole rings is 1. The van der Waals surface area contributed by atoms with Gasteiger partial charge in [-0.3, -0.25) is 0 Å². The molecule has 4 rings (SSSR count). The number of ether oxygens (including phenoxy) is 1. The number of hydrogen-bond acceptors (Lipinski definition) is 5. The summed E-state index contributed by atoms with van der Waals surface area (Å²) < 4.78 is 63.4. The van der Waals surface area contributed by atoms with E-state index in [-0.39, 0.29) is 16.2 Å². The van der Waals surface area contributed by atoms with E-state index in [2.05, 4.69) is 6.92 Å². The van der Waals surface area contributed by atoms with E-state index in [0.717, 1.165) is 36.9 Å². The topological polar surface area (TPSA) is 64.4 Å². The van der Waals surface area contributed by atoms with Gasteiger partial charge in [0.1, 0.15) is 11.6 Å². The Balaban J connectivity index is 1.64. The van der Waals surface area contributed by atoms with Crippen LogP contribution in [0, 0.1) is 17.6 Å². The van der Waals surface area contributed by atoms with Gasteiger partial charge in [0.2, 0.25) is 10.0 Å². The summed E-state index contributed by atoms with van der Waals surface area (Å²) in [6, 6.07) is 8.45. The SMILES string of the molecule is CCOCCCn1c(SCc2cc(F)ccc2F)nc2cc(S(=O)(=O)N3CCCC(C)C3)ccc21. The lowest BCUT2D eigenvalue weighted by Gasteiger charge is -2.30. The Morgan fingerprint density at radius 1 is 1.20 bits per heavy atom. The van der Waals surface area contributed by atoms with E-state index >= 15 is 0 Å². The lowest BCUT2D eigenvalue weighted by atomic mass is 10.0. The maximum atomic E-state index is 14.2. The number of sulfonamides is 1. The number of halogens is 2. The highest BCUT2D eigenvalue weighted by Crippen LogP contribution is 2.31. The van der Waals surface area contributed by atoms with Crippen molar-refractivity contribution < 1.29 is 21.9 Å². The summed E-state index contributed by atoms with van der Waals surface area (Å²) in [4.78, 5) is 4.93. The van der Waals surface area contributed by atoms with Gasteiger partial charge in [0.15, 0.2) is 5.16 Å². The van der Waals surface area contributed by atoms with E-state index in [9.17, 15) is 17.2 Å². The van der Waals surface area contributed by atoms with Crippen molar-refractivity contribution in [2.45, 2.75) is 55.5 Å². The fourth-order valence-electron chi connectivity index (χ4n) is 4.35. The normalized spacial score (nSPS) is 17.3. The Morgan fingerprint density at radius 3 is 2.80 bits per heavy atom. The second kappa shape index (κ2) is 11.4. The molecule has 1 fully saturated rings. The Kier molecular flexibility index (Phi) is 8.46. The molecule has 10 heteroatoms. The van der Waals surface area contributed by atoms with Gasteiger partial charge in [-0.25, -0.2) is 22.2 Å². The summed E-state index contributed by atoms with van der Waals surface area (Å²) in [6.45, 7) is 6.87. The largest absolute Gasteiger partial charge is 0.382 e. The molecule has 0 bridgehead atoms. The number of aryl methyl sites for hydroxylation is 1. The highest BCUT2D eigenvalue weighted by molar-refractivity contribution is 7.98. The highest BCUT2D eigenvalue weighted by Gasteiger charge is 2.29. The fourth-order valence-corrected chi connectivity index (χ4v) is 6.99.